The predicted octanol–water partition coefficient (Wildman–Crippen LogP) is 3.49. The monoisotopic (exact) mass is 387 g/mol. The van der Waals surface area contributed by atoms with E-state index >= 15 is 0 Å². The summed E-state index contributed by atoms with van der Waals surface area (Å²) in [5.41, 5.74) is 0.854. The lowest BCUT2D eigenvalue weighted by Crippen LogP contribution is -2.10. The fourth-order valence-corrected chi connectivity index (χ4v) is 3.23. The molecule has 6 heteroatoms. The number of rotatable bonds is 5. The summed E-state index contributed by atoms with van der Waals surface area (Å²) < 4.78 is 3.72. The highest BCUT2D eigenvalue weighted by Gasteiger charge is 2.14. The summed E-state index contributed by atoms with van der Waals surface area (Å²) in [4.78, 5) is 4.21. The third-order valence-electron chi connectivity index (χ3n) is 2.78. The Labute approximate surface area is 129 Å². The van der Waals surface area contributed by atoms with Crippen molar-refractivity contribution in [3.63, 3.8) is 0 Å². The van der Waals surface area contributed by atoms with Crippen molar-refractivity contribution >= 4 is 31.9 Å². The zero-order valence-corrected chi connectivity index (χ0v) is 13.7. The van der Waals surface area contributed by atoms with Gasteiger partial charge in [0.1, 0.15) is 12.2 Å². The van der Waals surface area contributed by atoms with Gasteiger partial charge in [0.05, 0.1) is 6.10 Å². The van der Waals surface area contributed by atoms with Gasteiger partial charge >= 0.3 is 0 Å². The fourth-order valence-electron chi connectivity index (χ4n) is 1.90. The van der Waals surface area contributed by atoms with Crippen molar-refractivity contribution in [2.24, 2.45) is 0 Å². The smallest absolute Gasteiger partial charge is 0.138 e. The molecule has 1 aromatic heterocycles. The number of aliphatic hydroxyl groups is 1. The summed E-state index contributed by atoms with van der Waals surface area (Å²) >= 11 is 6.85. The highest BCUT2D eigenvalue weighted by molar-refractivity contribution is 9.11. The molecule has 102 valence electrons. The number of hydrogen-bond donors (Lipinski definition) is 1. The van der Waals surface area contributed by atoms with Gasteiger partial charge in [0.2, 0.25) is 0 Å². The molecule has 2 aromatic rings. The van der Waals surface area contributed by atoms with Crippen molar-refractivity contribution in [3.8, 4) is 0 Å². The molecule has 1 N–H and O–H groups in total. The van der Waals surface area contributed by atoms with E-state index in [2.05, 4.69) is 48.9 Å². The molecular formula is C13H15Br2N3O. The van der Waals surface area contributed by atoms with Crippen LogP contribution in [0.3, 0.4) is 0 Å². The van der Waals surface area contributed by atoms with E-state index in [0.29, 0.717) is 6.42 Å². The van der Waals surface area contributed by atoms with Crippen molar-refractivity contribution in [1.82, 2.24) is 14.8 Å². The van der Waals surface area contributed by atoms with Gasteiger partial charge in [-0.15, -0.1) is 0 Å². The molecular weight excluding hydrogens is 374 g/mol. The minimum atomic E-state index is -0.589. The quantitative estimate of drug-likeness (QED) is 0.852. The maximum atomic E-state index is 10.3. The maximum Gasteiger partial charge on any atom is 0.138 e. The van der Waals surface area contributed by atoms with Crippen LogP contribution < -0.4 is 0 Å². The summed E-state index contributed by atoms with van der Waals surface area (Å²) in [7, 11) is 0. The van der Waals surface area contributed by atoms with Crippen LogP contribution in [0.25, 0.3) is 0 Å². The van der Waals surface area contributed by atoms with Crippen LogP contribution in [0.4, 0.5) is 0 Å². The van der Waals surface area contributed by atoms with Gasteiger partial charge in [-0.2, -0.15) is 5.10 Å². The molecule has 0 radical (unpaired) electrons. The highest BCUT2D eigenvalue weighted by atomic mass is 79.9. The van der Waals surface area contributed by atoms with Crippen molar-refractivity contribution in [2.75, 3.05) is 0 Å². The Morgan fingerprint density at radius 3 is 2.58 bits per heavy atom. The number of aromatic nitrogens is 3. The topological polar surface area (TPSA) is 50.9 Å². The second kappa shape index (κ2) is 6.63. The Bertz CT molecular complexity index is 536. The largest absolute Gasteiger partial charge is 0.388 e. The van der Waals surface area contributed by atoms with E-state index in [4.69, 9.17) is 0 Å². The molecule has 1 heterocycles. The first-order valence-corrected chi connectivity index (χ1v) is 7.69. The zero-order valence-electron chi connectivity index (χ0n) is 10.6. The van der Waals surface area contributed by atoms with Crippen LogP contribution in [-0.4, -0.2) is 19.9 Å². The van der Waals surface area contributed by atoms with Crippen LogP contribution in [0, 0.1) is 0 Å². The summed E-state index contributed by atoms with van der Waals surface area (Å²) in [6, 6.07) is 5.77. The van der Waals surface area contributed by atoms with Gasteiger partial charge in [-0.3, -0.25) is 4.68 Å². The number of aryl methyl sites for hydroxylation is 1. The van der Waals surface area contributed by atoms with Crippen molar-refractivity contribution < 1.29 is 5.11 Å². The molecule has 0 amide bonds. The van der Waals surface area contributed by atoms with E-state index < -0.39 is 6.10 Å². The Hall–Kier alpha value is -0.720. The molecule has 4 nitrogen and oxygen atoms in total. The number of halogens is 2. The second-order valence-electron chi connectivity index (χ2n) is 4.32. The summed E-state index contributed by atoms with van der Waals surface area (Å²) in [6.07, 6.45) is 2.40. The van der Waals surface area contributed by atoms with Gasteiger partial charge in [0, 0.05) is 21.9 Å². The van der Waals surface area contributed by atoms with Gasteiger partial charge in [-0.1, -0.05) is 38.8 Å². The zero-order chi connectivity index (χ0) is 13.8. The normalized spacial score (nSPS) is 12.6. The third-order valence-corrected chi connectivity index (χ3v) is 3.69. The van der Waals surface area contributed by atoms with E-state index in [9.17, 15) is 5.11 Å². The Balaban J connectivity index is 2.15. The average molecular weight is 389 g/mol. The molecule has 0 aliphatic rings. The third kappa shape index (κ3) is 3.87. The summed E-state index contributed by atoms with van der Waals surface area (Å²) in [5.74, 6) is 0.811. The van der Waals surface area contributed by atoms with Crippen molar-refractivity contribution in [2.45, 2.75) is 32.4 Å². The summed E-state index contributed by atoms with van der Waals surface area (Å²) in [5, 5.41) is 14.5. The first-order valence-electron chi connectivity index (χ1n) is 6.11. The summed E-state index contributed by atoms with van der Waals surface area (Å²) in [6.45, 7) is 2.91. The fraction of sp³-hybridized carbons (Fsp3) is 0.385. The predicted molar refractivity (Wildman–Crippen MR) is 80.8 cm³/mol. The minimum absolute atomic E-state index is 0.461. The molecule has 1 unspecified atom stereocenters. The first kappa shape index (κ1) is 14.7. The first-order chi connectivity index (χ1) is 9.10. The van der Waals surface area contributed by atoms with Gasteiger partial charge in [-0.25, -0.2) is 4.98 Å². The van der Waals surface area contributed by atoms with Crippen LogP contribution >= 0.6 is 31.9 Å². The van der Waals surface area contributed by atoms with Crippen LogP contribution in [0.5, 0.6) is 0 Å². The number of nitrogens with zero attached hydrogens (tertiary/aromatic N) is 3. The van der Waals surface area contributed by atoms with E-state index in [-0.39, 0.29) is 0 Å². The Morgan fingerprint density at radius 2 is 1.95 bits per heavy atom. The van der Waals surface area contributed by atoms with E-state index in [0.717, 1.165) is 33.3 Å². The molecule has 19 heavy (non-hydrogen) atoms. The van der Waals surface area contributed by atoms with Crippen LogP contribution in [0.15, 0.2) is 33.5 Å². The average Bonchev–Trinajstić information content (AvgIpc) is 2.76. The Morgan fingerprint density at radius 1 is 1.26 bits per heavy atom. The van der Waals surface area contributed by atoms with Gasteiger partial charge in [0.15, 0.2) is 0 Å². The molecule has 1 aromatic carbocycles. The molecule has 1 atom stereocenters. The molecule has 0 saturated heterocycles. The van der Waals surface area contributed by atoms with Gasteiger partial charge in [0.25, 0.3) is 0 Å². The molecule has 0 saturated carbocycles. The van der Waals surface area contributed by atoms with Crippen LogP contribution in [0.2, 0.25) is 0 Å². The molecule has 0 aliphatic heterocycles. The lowest BCUT2D eigenvalue weighted by molar-refractivity contribution is 0.173. The van der Waals surface area contributed by atoms with Crippen molar-refractivity contribution in [1.29, 1.82) is 0 Å². The minimum Gasteiger partial charge on any atom is -0.388 e. The molecule has 0 spiro atoms. The second-order valence-corrected chi connectivity index (χ2v) is 6.15. The number of benzene rings is 1. The molecule has 0 bridgehead atoms. The van der Waals surface area contributed by atoms with Crippen LogP contribution in [0.1, 0.15) is 30.8 Å². The van der Waals surface area contributed by atoms with E-state index in [1.807, 2.05) is 22.9 Å². The van der Waals surface area contributed by atoms with Crippen LogP contribution in [-0.2, 0) is 13.0 Å². The van der Waals surface area contributed by atoms with Crippen molar-refractivity contribution in [3.05, 3.63) is 44.9 Å². The Kier molecular flexibility index (Phi) is 5.13. The molecule has 2 rings (SSSR count). The standard InChI is InChI=1S/C13H15Br2N3O/c1-2-3-18-13(16-8-17-18)7-12(19)9-4-10(14)6-11(15)5-9/h4-6,8,12,19H,2-3,7H2,1H3. The van der Waals surface area contributed by atoms with Gasteiger partial charge in [-0.05, 0) is 30.2 Å². The maximum absolute atomic E-state index is 10.3. The van der Waals surface area contributed by atoms with E-state index in [1.165, 1.54) is 6.33 Å². The number of aliphatic hydroxyl groups excluding tert-OH is 1. The highest BCUT2D eigenvalue weighted by Crippen LogP contribution is 2.25. The van der Waals surface area contributed by atoms with E-state index in [1.54, 1.807) is 0 Å². The lowest BCUT2D eigenvalue weighted by atomic mass is 10.1. The lowest BCUT2D eigenvalue weighted by Gasteiger charge is -2.12. The SMILES string of the molecule is CCCn1ncnc1CC(O)c1cc(Br)cc(Br)c1. The molecule has 0 fully saturated rings. The molecule has 0 aliphatic carbocycles. The van der Waals surface area contributed by atoms with Gasteiger partial charge < -0.3 is 5.11 Å². The number of hydrogen-bond acceptors (Lipinski definition) is 3.